The van der Waals surface area contributed by atoms with Gasteiger partial charge in [-0.15, -0.1) is 0 Å². The van der Waals surface area contributed by atoms with Gasteiger partial charge in [0.05, 0.1) is 6.61 Å². The molecular weight excluding hydrogens is 244 g/mol. The average Bonchev–Trinajstić information content (AvgIpc) is 2.48. The SMILES string of the molecule is CCCCCCCCCCCCCC(CC)CCC[O]. The zero-order valence-corrected chi connectivity index (χ0v) is 14.3. The lowest BCUT2D eigenvalue weighted by Crippen LogP contribution is -2.00. The molecule has 0 aromatic rings. The molecular formula is C19H39O. The van der Waals surface area contributed by atoms with Gasteiger partial charge in [0.2, 0.25) is 0 Å². The predicted molar refractivity (Wildman–Crippen MR) is 89.6 cm³/mol. The summed E-state index contributed by atoms with van der Waals surface area (Å²) in [4.78, 5) is 0. The highest BCUT2D eigenvalue weighted by atomic mass is 16.2. The van der Waals surface area contributed by atoms with Gasteiger partial charge < -0.3 is 0 Å². The van der Waals surface area contributed by atoms with E-state index >= 15 is 0 Å². The Hall–Kier alpha value is -0.0400. The van der Waals surface area contributed by atoms with E-state index in [0.29, 0.717) is 0 Å². The van der Waals surface area contributed by atoms with Crippen LogP contribution in [0.5, 0.6) is 0 Å². The van der Waals surface area contributed by atoms with Crippen LogP contribution in [0.3, 0.4) is 0 Å². The highest BCUT2D eigenvalue weighted by Crippen LogP contribution is 2.19. The Morgan fingerprint density at radius 2 is 1.05 bits per heavy atom. The molecule has 0 fully saturated rings. The monoisotopic (exact) mass is 283 g/mol. The Kier molecular flexibility index (Phi) is 17.0. The fourth-order valence-corrected chi connectivity index (χ4v) is 3.02. The molecule has 0 aromatic carbocycles. The van der Waals surface area contributed by atoms with Crippen molar-refractivity contribution >= 4 is 0 Å². The van der Waals surface area contributed by atoms with Crippen molar-refractivity contribution in [2.24, 2.45) is 5.92 Å². The standard InChI is InChI=1S/C19H39O/c1-3-5-6-7-8-9-10-11-12-13-14-16-19(4-2)17-15-18-20/h19H,3-18H2,1-2H3. The summed E-state index contributed by atoms with van der Waals surface area (Å²) in [6.07, 6.45) is 20.3. The molecule has 1 nitrogen and oxygen atoms in total. The van der Waals surface area contributed by atoms with Gasteiger partial charge in [-0.2, -0.15) is 0 Å². The van der Waals surface area contributed by atoms with Crippen LogP contribution in [0.2, 0.25) is 0 Å². The Morgan fingerprint density at radius 3 is 1.50 bits per heavy atom. The normalized spacial score (nSPS) is 12.8. The molecule has 0 aliphatic rings. The van der Waals surface area contributed by atoms with E-state index in [0.717, 1.165) is 18.8 Å². The summed E-state index contributed by atoms with van der Waals surface area (Å²) in [6.45, 7) is 4.67. The van der Waals surface area contributed by atoms with E-state index in [2.05, 4.69) is 13.8 Å². The van der Waals surface area contributed by atoms with E-state index in [1.54, 1.807) is 0 Å². The lowest BCUT2D eigenvalue weighted by Gasteiger charge is -2.13. The lowest BCUT2D eigenvalue weighted by atomic mass is 9.93. The summed E-state index contributed by atoms with van der Waals surface area (Å²) in [5.74, 6) is 0.822. The molecule has 0 aliphatic carbocycles. The van der Waals surface area contributed by atoms with Gasteiger partial charge in [-0.05, 0) is 18.8 Å². The first-order valence-electron chi connectivity index (χ1n) is 9.43. The van der Waals surface area contributed by atoms with E-state index in [1.165, 1.54) is 83.5 Å². The zero-order valence-electron chi connectivity index (χ0n) is 14.3. The van der Waals surface area contributed by atoms with Crippen molar-refractivity contribution in [3.63, 3.8) is 0 Å². The van der Waals surface area contributed by atoms with E-state index in [1.807, 2.05) is 0 Å². The minimum Gasteiger partial charge on any atom is -0.237 e. The predicted octanol–water partition coefficient (Wildman–Crippen LogP) is 6.92. The van der Waals surface area contributed by atoms with E-state index in [-0.39, 0.29) is 6.61 Å². The van der Waals surface area contributed by atoms with Crippen molar-refractivity contribution < 1.29 is 5.11 Å². The van der Waals surface area contributed by atoms with Gasteiger partial charge in [-0.1, -0.05) is 97.3 Å². The maximum atomic E-state index is 10.5. The van der Waals surface area contributed by atoms with Crippen LogP contribution in [0.4, 0.5) is 0 Å². The van der Waals surface area contributed by atoms with E-state index < -0.39 is 0 Å². The highest BCUT2D eigenvalue weighted by molar-refractivity contribution is 4.58. The molecule has 1 atom stereocenters. The molecule has 0 aromatic heterocycles. The van der Waals surface area contributed by atoms with Crippen LogP contribution in [0.25, 0.3) is 0 Å². The first-order valence-corrected chi connectivity index (χ1v) is 9.43. The molecule has 0 heterocycles. The molecule has 0 N–H and O–H groups in total. The van der Waals surface area contributed by atoms with Gasteiger partial charge in [0.25, 0.3) is 0 Å². The quantitative estimate of drug-likeness (QED) is 0.274. The van der Waals surface area contributed by atoms with E-state index in [9.17, 15) is 5.11 Å². The second-order valence-electron chi connectivity index (χ2n) is 6.44. The van der Waals surface area contributed by atoms with Crippen LogP contribution in [0, 0.1) is 5.92 Å². The van der Waals surface area contributed by atoms with Crippen molar-refractivity contribution in [2.45, 2.75) is 110 Å². The largest absolute Gasteiger partial charge is 0.237 e. The molecule has 0 amide bonds. The molecule has 1 radical (unpaired) electrons. The molecule has 0 bridgehead atoms. The Labute approximate surface area is 128 Å². The third kappa shape index (κ3) is 14.4. The van der Waals surface area contributed by atoms with Crippen LogP contribution >= 0.6 is 0 Å². The molecule has 0 rings (SSSR count). The van der Waals surface area contributed by atoms with Crippen LogP contribution in [0.1, 0.15) is 110 Å². The maximum Gasteiger partial charge on any atom is 0.0822 e. The Bertz CT molecular complexity index is 167. The summed E-state index contributed by atoms with van der Waals surface area (Å²) in [7, 11) is 0. The third-order valence-corrected chi connectivity index (χ3v) is 4.55. The Morgan fingerprint density at radius 1 is 0.600 bits per heavy atom. The summed E-state index contributed by atoms with van der Waals surface area (Å²) in [5.41, 5.74) is 0. The van der Waals surface area contributed by atoms with Crippen molar-refractivity contribution in [3.8, 4) is 0 Å². The number of hydrogen-bond donors (Lipinski definition) is 0. The molecule has 0 aliphatic heterocycles. The zero-order chi connectivity index (χ0) is 14.9. The Balaban J connectivity index is 3.15. The van der Waals surface area contributed by atoms with Crippen LogP contribution in [-0.4, -0.2) is 6.61 Å². The summed E-state index contributed by atoms with van der Waals surface area (Å²) >= 11 is 0. The fourth-order valence-electron chi connectivity index (χ4n) is 3.02. The fraction of sp³-hybridized carbons (Fsp3) is 1.00. The van der Waals surface area contributed by atoms with E-state index in [4.69, 9.17) is 0 Å². The maximum absolute atomic E-state index is 10.5. The molecule has 121 valence electrons. The molecule has 0 saturated carbocycles. The highest BCUT2D eigenvalue weighted by Gasteiger charge is 2.05. The molecule has 0 saturated heterocycles. The van der Waals surface area contributed by atoms with Crippen molar-refractivity contribution in [3.05, 3.63) is 0 Å². The minimum atomic E-state index is 0.120. The smallest absolute Gasteiger partial charge is 0.0822 e. The average molecular weight is 284 g/mol. The number of unbranched alkanes of at least 4 members (excludes halogenated alkanes) is 10. The minimum absolute atomic E-state index is 0.120. The number of rotatable bonds is 16. The molecule has 20 heavy (non-hydrogen) atoms. The molecule has 1 heteroatoms. The van der Waals surface area contributed by atoms with Gasteiger partial charge in [-0.3, -0.25) is 0 Å². The van der Waals surface area contributed by atoms with Gasteiger partial charge >= 0.3 is 0 Å². The van der Waals surface area contributed by atoms with Gasteiger partial charge in [0, 0.05) is 0 Å². The lowest BCUT2D eigenvalue weighted by molar-refractivity contribution is 0.178. The second kappa shape index (κ2) is 17.0. The third-order valence-electron chi connectivity index (χ3n) is 4.55. The van der Waals surface area contributed by atoms with Crippen LogP contribution in [0.15, 0.2) is 0 Å². The molecule has 0 spiro atoms. The van der Waals surface area contributed by atoms with Gasteiger partial charge in [0.15, 0.2) is 0 Å². The van der Waals surface area contributed by atoms with Crippen LogP contribution < -0.4 is 0 Å². The first-order chi connectivity index (χ1) is 9.85. The topological polar surface area (TPSA) is 19.9 Å². The van der Waals surface area contributed by atoms with Crippen LogP contribution in [-0.2, 0) is 5.11 Å². The summed E-state index contributed by atoms with van der Waals surface area (Å²) < 4.78 is 0. The second-order valence-corrected chi connectivity index (χ2v) is 6.44. The van der Waals surface area contributed by atoms with Gasteiger partial charge in [0.1, 0.15) is 0 Å². The van der Waals surface area contributed by atoms with Crippen molar-refractivity contribution in [1.29, 1.82) is 0 Å². The summed E-state index contributed by atoms with van der Waals surface area (Å²) in [6, 6.07) is 0. The van der Waals surface area contributed by atoms with Crippen molar-refractivity contribution in [2.75, 3.05) is 6.61 Å². The first kappa shape index (κ1) is 20.0. The van der Waals surface area contributed by atoms with Crippen molar-refractivity contribution in [1.82, 2.24) is 0 Å². The van der Waals surface area contributed by atoms with Gasteiger partial charge in [-0.25, -0.2) is 5.11 Å². The summed E-state index contributed by atoms with van der Waals surface area (Å²) in [5, 5.41) is 10.5. The molecule has 1 unspecified atom stereocenters. The number of hydrogen-bond acceptors (Lipinski definition) is 0.